The number of hydrogen-bond acceptors (Lipinski definition) is 3. The Balaban J connectivity index is 1.58. The number of nitrogens with zero attached hydrogens (tertiary/aromatic N) is 1. The minimum Gasteiger partial charge on any atom is -0.399 e. The molecule has 2 aromatic rings. The second-order valence-electron chi connectivity index (χ2n) is 8.83. The summed E-state index contributed by atoms with van der Waals surface area (Å²) >= 11 is 0. The first-order valence-corrected chi connectivity index (χ1v) is 10.1. The number of urea groups is 1. The Hall–Kier alpha value is -2.52. The standard InChI is InChI=1S/C22H24BF3N2O3/c1-21(2)22(3,4)31-23(30-21)15-6-8-18-14(19(15)26)9-10-28(18)20(29)27-17-11-13(12-24)5-7-16(17)25/h5-8,11H,9-10,12H2,1-4H3,(H,27,29). The first kappa shape index (κ1) is 21.7. The quantitative estimate of drug-likeness (QED) is 0.735. The van der Waals surface area contributed by atoms with Crippen LogP contribution in [0.5, 0.6) is 0 Å². The van der Waals surface area contributed by atoms with Gasteiger partial charge in [0, 0.05) is 17.6 Å². The van der Waals surface area contributed by atoms with Gasteiger partial charge in [-0.3, -0.25) is 4.90 Å². The highest BCUT2D eigenvalue weighted by Crippen LogP contribution is 2.38. The zero-order valence-corrected chi connectivity index (χ0v) is 17.9. The number of rotatable bonds is 3. The van der Waals surface area contributed by atoms with Crippen LogP contribution in [0.4, 0.5) is 29.3 Å². The first-order valence-electron chi connectivity index (χ1n) is 10.1. The molecule has 5 nitrogen and oxygen atoms in total. The van der Waals surface area contributed by atoms with Crippen molar-refractivity contribution in [3.8, 4) is 0 Å². The van der Waals surface area contributed by atoms with Gasteiger partial charge >= 0.3 is 13.1 Å². The molecule has 164 valence electrons. The normalized spacial score (nSPS) is 18.9. The van der Waals surface area contributed by atoms with E-state index in [1.807, 2.05) is 27.7 Å². The van der Waals surface area contributed by atoms with Gasteiger partial charge in [-0.25, -0.2) is 18.0 Å². The maximum absolute atomic E-state index is 15.3. The summed E-state index contributed by atoms with van der Waals surface area (Å²) in [4.78, 5) is 14.1. The van der Waals surface area contributed by atoms with E-state index in [0.717, 1.165) is 6.07 Å². The Labute approximate surface area is 179 Å². The van der Waals surface area contributed by atoms with Crippen LogP contribution in [-0.4, -0.2) is 30.9 Å². The topological polar surface area (TPSA) is 50.8 Å². The van der Waals surface area contributed by atoms with E-state index in [4.69, 9.17) is 9.31 Å². The summed E-state index contributed by atoms with van der Waals surface area (Å²) in [7, 11) is -0.851. The lowest BCUT2D eigenvalue weighted by Crippen LogP contribution is -2.41. The molecule has 0 bridgehead atoms. The summed E-state index contributed by atoms with van der Waals surface area (Å²) in [6.07, 6.45) is 0.301. The van der Waals surface area contributed by atoms with Gasteiger partial charge in [-0.2, -0.15) is 0 Å². The van der Waals surface area contributed by atoms with Gasteiger partial charge in [-0.1, -0.05) is 12.1 Å². The van der Waals surface area contributed by atoms with Gasteiger partial charge in [-0.15, -0.1) is 0 Å². The van der Waals surface area contributed by atoms with E-state index in [9.17, 15) is 13.6 Å². The van der Waals surface area contributed by atoms with Crippen LogP contribution in [0.1, 0.15) is 38.8 Å². The van der Waals surface area contributed by atoms with Crippen LogP contribution in [0, 0.1) is 11.6 Å². The molecule has 2 aliphatic heterocycles. The number of carbonyl (C=O) groups excluding carboxylic acids is 1. The monoisotopic (exact) mass is 432 g/mol. The van der Waals surface area contributed by atoms with Gasteiger partial charge in [0.1, 0.15) is 18.3 Å². The highest BCUT2D eigenvalue weighted by molar-refractivity contribution is 6.62. The van der Waals surface area contributed by atoms with Crippen LogP contribution in [0.25, 0.3) is 0 Å². The Morgan fingerprint density at radius 3 is 2.45 bits per heavy atom. The number of anilines is 2. The summed E-state index contributed by atoms with van der Waals surface area (Å²) in [6, 6.07) is 6.22. The third-order valence-electron chi connectivity index (χ3n) is 6.30. The van der Waals surface area contributed by atoms with Crippen LogP contribution < -0.4 is 15.7 Å². The van der Waals surface area contributed by atoms with Gasteiger partial charge in [0.05, 0.1) is 22.6 Å². The van der Waals surface area contributed by atoms with Crippen molar-refractivity contribution in [2.24, 2.45) is 0 Å². The maximum atomic E-state index is 15.3. The largest absolute Gasteiger partial charge is 0.497 e. The lowest BCUT2D eigenvalue weighted by molar-refractivity contribution is 0.00578. The van der Waals surface area contributed by atoms with Crippen LogP contribution in [0.2, 0.25) is 0 Å². The van der Waals surface area contributed by atoms with Crippen molar-refractivity contribution in [1.82, 2.24) is 0 Å². The third kappa shape index (κ3) is 3.70. The summed E-state index contributed by atoms with van der Waals surface area (Å²) in [5, 5.41) is 2.45. The van der Waals surface area contributed by atoms with Crippen molar-refractivity contribution >= 4 is 30.0 Å². The Bertz CT molecular complexity index is 1030. The minimum atomic E-state index is -0.851. The molecule has 1 fully saturated rings. The fourth-order valence-electron chi connectivity index (χ4n) is 3.76. The number of fused-ring (bicyclic) bond motifs is 1. The van der Waals surface area contributed by atoms with Crippen LogP contribution in [0.3, 0.4) is 0 Å². The number of hydrogen-bond donors (Lipinski definition) is 1. The predicted octanol–water partition coefficient (Wildman–Crippen LogP) is 4.33. The molecule has 1 N–H and O–H groups in total. The fraction of sp³-hybridized carbons (Fsp3) is 0.409. The average molecular weight is 432 g/mol. The van der Waals surface area contributed by atoms with Crippen molar-refractivity contribution in [1.29, 1.82) is 0 Å². The summed E-state index contributed by atoms with van der Waals surface area (Å²) in [5.74, 6) is -1.15. The van der Waals surface area contributed by atoms with Crippen molar-refractivity contribution in [2.75, 3.05) is 16.8 Å². The molecule has 0 spiro atoms. The Morgan fingerprint density at radius 2 is 1.81 bits per heavy atom. The Kier molecular flexibility index (Phi) is 5.30. The van der Waals surface area contributed by atoms with Crippen molar-refractivity contribution in [2.45, 2.75) is 52.0 Å². The van der Waals surface area contributed by atoms with E-state index in [2.05, 4.69) is 5.32 Å². The molecule has 31 heavy (non-hydrogen) atoms. The number of carbonyl (C=O) groups is 1. The van der Waals surface area contributed by atoms with E-state index in [1.54, 1.807) is 12.1 Å². The number of amides is 2. The molecule has 9 heteroatoms. The molecular weight excluding hydrogens is 408 g/mol. The zero-order chi connectivity index (χ0) is 22.6. The van der Waals surface area contributed by atoms with Crippen molar-refractivity contribution in [3.63, 3.8) is 0 Å². The average Bonchev–Trinajstić information content (AvgIpc) is 3.22. The molecule has 0 aromatic heterocycles. The van der Waals surface area contributed by atoms with E-state index < -0.39 is 42.7 Å². The van der Waals surface area contributed by atoms with Crippen molar-refractivity contribution in [3.05, 3.63) is 53.1 Å². The van der Waals surface area contributed by atoms with Crippen LogP contribution >= 0.6 is 0 Å². The predicted molar refractivity (Wildman–Crippen MR) is 113 cm³/mol. The van der Waals surface area contributed by atoms with Gasteiger partial charge in [0.2, 0.25) is 0 Å². The minimum absolute atomic E-state index is 0.122. The second-order valence-corrected chi connectivity index (χ2v) is 8.83. The number of nitrogens with one attached hydrogen (secondary N) is 1. The number of alkyl halides is 1. The van der Waals surface area contributed by atoms with E-state index in [0.29, 0.717) is 17.7 Å². The lowest BCUT2D eigenvalue weighted by Gasteiger charge is -2.32. The molecule has 2 heterocycles. The summed E-state index contributed by atoms with van der Waals surface area (Å²) < 4.78 is 54.1. The van der Waals surface area contributed by atoms with Gasteiger partial charge < -0.3 is 14.6 Å². The van der Waals surface area contributed by atoms with Crippen molar-refractivity contribution < 1.29 is 27.3 Å². The zero-order valence-electron chi connectivity index (χ0n) is 17.9. The highest BCUT2D eigenvalue weighted by Gasteiger charge is 2.52. The summed E-state index contributed by atoms with van der Waals surface area (Å²) in [5.41, 5.74) is -0.0286. The van der Waals surface area contributed by atoms with E-state index in [-0.39, 0.29) is 23.3 Å². The van der Waals surface area contributed by atoms with Gasteiger partial charge in [0.25, 0.3) is 0 Å². The van der Waals surface area contributed by atoms with Crippen LogP contribution in [-0.2, 0) is 22.4 Å². The van der Waals surface area contributed by atoms with Gasteiger partial charge in [-0.05, 0) is 57.9 Å². The first-order chi connectivity index (χ1) is 14.5. The maximum Gasteiger partial charge on any atom is 0.497 e. The highest BCUT2D eigenvalue weighted by atomic mass is 19.1. The number of benzene rings is 2. The molecule has 0 atom stereocenters. The molecule has 4 rings (SSSR count). The number of halogens is 3. The fourth-order valence-corrected chi connectivity index (χ4v) is 3.76. The molecule has 0 unspecified atom stereocenters. The molecule has 0 radical (unpaired) electrons. The molecule has 2 amide bonds. The van der Waals surface area contributed by atoms with Crippen LogP contribution in [0.15, 0.2) is 30.3 Å². The van der Waals surface area contributed by atoms with E-state index in [1.165, 1.54) is 17.0 Å². The molecular formula is C22H24BF3N2O3. The SMILES string of the molecule is CC1(C)OB(c2ccc3c(c2F)CCN3C(=O)Nc2cc(CF)ccc2F)OC1(C)C. The molecule has 0 saturated carbocycles. The molecule has 1 saturated heterocycles. The molecule has 2 aliphatic rings. The molecule has 2 aromatic carbocycles. The third-order valence-corrected chi connectivity index (χ3v) is 6.30. The van der Waals surface area contributed by atoms with Gasteiger partial charge in [0.15, 0.2) is 0 Å². The van der Waals surface area contributed by atoms with E-state index >= 15 is 4.39 Å². The molecule has 0 aliphatic carbocycles. The Morgan fingerprint density at radius 1 is 1.13 bits per heavy atom. The smallest absolute Gasteiger partial charge is 0.399 e. The lowest BCUT2D eigenvalue weighted by atomic mass is 9.77. The summed E-state index contributed by atoms with van der Waals surface area (Å²) in [6.45, 7) is 7.02. The second kappa shape index (κ2) is 7.56.